The molecule has 0 N–H and O–H groups in total. The second-order valence-corrected chi connectivity index (χ2v) is 5.86. The molecular weight excluding hydrogens is 284 g/mol. The van der Waals surface area contributed by atoms with Crippen LogP contribution in [0.5, 0.6) is 5.75 Å². The summed E-state index contributed by atoms with van der Waals surface area (Å²) in [5, 5.41) is 0.602. The Hall–Kier alpha value is -1.80. The summed E-state index contributed by atoms with van der Waals surface area (Å²) in [4.78, 5) is 12.1. The molecule has 1 saturated carbocycles. The predicted octanol–water partition coefficient (Wildman–Crippen LogP) is 4.87. The lowest BCUT2D eigenvalue weighted by Crippen LogP contribution is -2.12. The van der Waals surface area contributed by atoms with Crippen LogP contribution in [-0.4, -0.2) is 12.4 Å². The number of rotatable bonds is 5. The van der Waals surface area contributed by atoms with Crippen molar-refractivity contribution < 1.29 is 9.53 Å². The predicted molar refractivity (Wildman–Crippen MR) is 84.3 cm³/mol. The van der Waals surface area contributed by atoms with Gasteiger partial charge in [0.15, 0.2) is 12.4 Å². The minimum atomic E-state index is -0.0184. The third-order valence-electron chi connectivity index (χ3n) is 3.98. The van der Waals surface area contributed by atoms with Crippen LogP contribution in [0.2, 0.25) is 5.02 Å². The first-order valence-corrected chi connectivity index (χ1v) is 7.62. The van der Waals surface area contributed by atoms with Crippen LogP contribution in [0.25, 0.3) is 0 Å². The molecule has 2 nitrogen and oxygen atoms in total. The van der Waals surface area contributed by atoms with E-state index in [4.69, 9.17) is 16.3 Å². The highest BCUT2D eigenvalue weighted by Gasteiger charge is 2.19. The number of hydrogen-bond acceptors (Lipinski definition) is 2. The SMILES string of the molecule is O=C(COc1cccc(Cl)c1)c1ccc(C2CCC2)cc1. The van der Waals surface area contributed by atoms with Crippen molar-refractivity contribution in [2.45, 2.75) is 25.2 Å². The molecule has 21 heavy (non-hydrogen) atoms. The molecule has 1 aliphatic carbocycles. The minimum absolute atomic E-state index is 0.0184. The fourth-order valence-corrected chi connectivity index (χ4v) is 2.65. The fraction of sp³-hybridized carbons (Fsp3) is 0.278. The highest BCUT2D eigenvalue weighted by Crippen LogP contribution is 2.36. The van der Waals surface area contributed by atoms with E-state index in [0.29, 0.717) is 22.3 Å². The van der Waals surface area contributed by atoms with Gasteiger partial charge in [-0.25, -0.2) is 0 Å². The van der Waals surface area contributed by atoms with Crippen molar-refractivity contribution in [1.29, 1.82) is 0 Å². The zero-order chi connectivity index (χ0) is 14.7. The van der Waals surface area contributed by atoms with E-state index < -0.39 is 0 Å². The Balaban J connectivity index is 1.59. The molecule has 3 heteroatoms. The van der Waals surface area contributed by atoms with Crippen molar-refractivity contribution in [3.63, 3.8) is 0 Å². The first-order chi connectivity index (χ1) is 10.2. The molecular formula is C18H17ClO2. The summed E-state index contributed by atoms with van der Waals surface area (Å²) in [5.74, 6) is 1.29. The van der Waals surface area contributed by atoms with Gasteiger partial charge in [-0.15, -0.1) is 0 Å². The standard InChI is InChI=1S/C18H17ClO2/c19-16-5-2-6-17(11-16)21-12-18(20)15-9-7-14(8-10-15)13-3-1-4-13/h2,5-11,13H,1,3-4,12H2. The van der Waals surface area contributed by atoms with Crippen LogP contribution in [0.4, 0.5) is 0 Å². The van der Waals surface area contributed by atoms with Gasteiger partial charge < -0.3 is 4.74 Å². The van der Waals surface area contributed by atoms with Crippen LogP contribution in [0.1, 0.15) is 41.1 Å². The number of Topliss-reactive ketones (excluding diaryl/α,β-unsaturated/α-hetero) is 1. The van der Waals surface area contributed by atoms with Crippen LogP contribution in [-0.2, 0) is 0 Å². The summed E-state index contributed by atoms with van der Waals surface area (Å²) in [6, 6.07) is 15.0. The first kappa shape index (κ1) is 14.2. The van der Waals surface area contributed by atoms with E-state index in [1.54, 1.807) is 24.3 Å². The molecule has 0 bridgehead atoms. The maximum Gasteiger partial charge on any atom is 0.200 e. The normalized spacial score (nSPS) is 14.5. The van der Waals surface area contributed by atoms with Gasteiger partial charge >= 0.3 is 0 Å². The van der Waals surface area contributed by atoms with E-state index >= 15 is 0 Å². The molecule has 0 heterocycles. The Morgan fingerprint density at radius 3 is 2.52 bits per heavy atom. The number of ether oxygens (including phenoxy) is 1. The number of carbonyl (C=O) groups excluding carboxylic acids is 1. The highest BCUT2D eigenvalue weighted by molar-refractivity contribution is 6.30. The Kier molecular flexibility index (Phi) is 4.26. The Bertz CT molecular complexity index is 630. The molecule has 1 fully saturated rings. The van der Waals surface area contributed by atoms with E-state index in [0.717, 1.165) is 0 Å². The molecule has 0 saturated heterocycles. The average Bonchev–Trinajstić information content (AvgIpc) is 2.44. The van der Waals surface area contributed by atoms with E-state index in [1.807, 2.05) is 12.1 Å². The van der Waals surface area contributed by atoms with Gasteiger partial charge in [-0.2, -0.15) is 0 Å². The van der Waals surface area contributed by atoms with Crippen LogP contribution < -0.4 is 4.74 Å². The summed E-state index contributed by atoms with van der Waals surface area (Å²) < 4.78 is 5.48. The van der Waals surface area contributed by atoms with Crippen molar-refractivity contribution >= 4 is 17.4 Å². The lowest BCUT2D eigenvalue weighted by atomic mass is 9.80. The van der Waals surface area contributed by atoms with Crippen molar-refractivity contribution in [3.05, 3.63) is 64.7 Å². The number of benzene rings is 2. The number of ketones is 1. The average molecular weight is 301 g/mol. The number of hydrogen-bond donors (Lipinski definition) is 0. The molecule has 0 aliphatic heterocycles. The monoisotopic (exact) mass is 300 g/mol. The van der Waals surface area contributed by atoms with Crippen LogP contribution >= 0.6 is 11.6 Å². The van der Waals surface area contributed by atoms with Gasteiger partial charge in [0.05, 0.1) is 0 Å². The lowest BCUT2D eigenvalue weighted by Gasteiger charge is -2.25. The maximum absolute atomic E-state index is 12.1. The van der Waals surface area contributed by atoms with Gasteiger partial charge in [0.1, 0.15) is 5.75 Å². The topological polar surface area (TPSA) is 26.3 Å². The lowest BCUT2D eigenvalue weighted by molar-refractivity contribution is 0.0921. The fourth-order valence-electron chi connectivity index (χ4n) is 2.47. The maximum atomic E-state index is 12.1. The van der Waals surface area contributed by atoms with Gasteiger partial charge in [0, 0.05) is 10.6 Å². The van der Waals surface area contributed by atoms with E-state index in [9.17, 15) is 4.79 Å². The Labute approximate surface area is 129 Å². The van der Waals surface area contributed by atoms with Gasteiger partial charge in [0.25, 0.3) is 0 Å². The number of halogens is 1. The van der Waals surface area contributed by atoms with Gasteiger partial charge in [-0.05, 0) is 42.5 Å². The quantitative estimate of drug-likeness (QED) is 0.736. The molecule has 2 aromatic rings. The molecule has 2 aromatic carbocycles. The summed E-state index contributed by atoms with van der Waals surface area (Å²) in [6.45, 7) is 0.0309. The summed E-state index contributed by atoms with van der Waals surface area (Å²) in [6.07, 6.45) is 3.86. The molecule has 3 rings (SSSR count). The smallest absolute Gasteiger partial charge is 0.200 e. The summed E-state index contributed by atoms with van der Waals surface area (Å²) in [7, 11) is 0. The van der Waals surface area contributed by atoms with Gasteiger partial charge in [0.2, 0.25) is 0 Å². The second kappa shape index (κ2) is 6.31. The minimum Gasteiger partial charge on any atom is -0.485 e. The summed E-state index contributed by atoms with van der Waals surface area (Å²) in [5.41, 5.74) is 2.04. The van der Waals surface area contributed by atoms with Crippen molar-refractivity contribution in [2.75, 3.05) is 6.61 Å². The Morgan fingerprint density at radius 1 is 1.14 bits per heavy atom. The van der Waals surface area contributed by atoms with Crippen LogP contribution in [0.3, 0.4) is 0 Å². The first-order valence-electron chi connectivity index (χ1n) is 7.24. The van der Waals surface area contributed by atoms with Crippen molar-refractivity contribution in [3.8, 4) is 5.75 Å². The molecule has 0 unspecified atom stereocenters. The molecule has 0 spiro atoms. The summed E-state index contributed by atoms with van der Waals surface area (Å²) >= 11 is 5.88. The van der Waals surface area contributed by atoms with Gasteiger partial charge in [-0.3, -0.25) is 4.79 Å². The van der Waals surface area contributed by atoms with Crippen molar-refractivity contribution in [1.82, 2.24) is 0 Å². The zero-order valence-electron chi connectivity index (χ0n) is 11.7. The van der Waals surface area contributed by atoms with E-state index in [1.165, 1.54) is 24.8 Å². The van der Waals surface area contributed by atoms with Crippen LogP contribution in [0.15, 0.2) is 48.5 Å². The third kappa shape index (κ3) is 3.45. The second-order valence-electron chi connectivity index (χ2n) is 5.42. The largest absolute Gasteiger partial charge is 0.485 e. The molecule has 0 aromatic heterocycles. The number of carbonyl (C=O) groups is 1. The zero-order valence-corrected chi connectivity index (χ0v) is 12.5. The molecule has 0 radical (unpaired) electrons. The van der Waals surface area contributed by atoms with Crippen LogP contribution in [0, 0.1) is 0 Å². The molecule has 0 amide bonds. The van der Waals surface area contributed by atoms with Gasteiger partial charge in [-0.1, -0.05) is 48.4 Å². The molecule has 0 atom stereocenters. The molecule has 1 aliphatic rings. The van der Waals surface area contributed by atoms with E-state index in [2.05, 4.69) is 12.1 Å². The molecule has 108 valence electrons. The van der Waals surface area contributed by atoms with Crippen molar-refractivity contribution in [2.24, 2.45) is 0 Å². The Morgan fingerprint density at radius 2 is 1.90 bits per heavy atom. The highest BCUT2D eigenvalue weighted by atomic mass is 35.5. The third-order valence-corrected chi connectivity index (χ3v) is 4.21. The van der Waals surface area contributed by atoms with E-state index in [-0.39, 0.29) is 12.4 Å².